The van der Waals surface area contributed by atoms with Crippen molar-refractivity contribution < 1.29 is 40.1 Å². The zero-order valence-corrected chi connectivity index (χ0v) is 15.6. The SMILES string of the molecule is CCC(O)C(O)C(O[C@@H]1O[C@H](C(C)C)[C@H](O)[C@H](O)[C@H]1O)C(O)C(C)C. The Morgan fingerprint density at radius 2 is 1.44 bits per heavy atom. The molecule has 9 atom stereocenters. The quantitative estimate of drug-likeness (QED) is 0.321. The molecule has 4 unspecified atom stereocenters. The third-order valence-corrected chi connectivity index (χ3v) is 4.72. The molecule has 0 amide bonds. The topological polar surface area (TPSA) is 140 Å². The fourth-order valence-corrected chi connectivity index (χ4v) is 2.89. The molecule has 1 heterocycles. The van der Waals surface area contributed by atoms with Crippen molar-refractivity contribution in [3.63, 3.8) is 0 Å². The van der Waals surface area contributed by atoms with Gasteiger partial charge in [-0.05, 0) is 18.3 Å². The molecule has 1 rings (SSSR count). The van der Waals surface area contributed by atoms with E-state index in [9.17, 15) is 30.6 Å². The van der Waals surface area contributed by atoms with Crippen LogP contribution in [0, 0.1) is 11.8 Å². The van der Waals surface area contributed by atoms with Crippen molar-refractivity contribution in [2.75, 3.05) is 0 Å². The lowest BCUT2D eigenvalue weighted by Crippen LogP contribution is -2.61. The first-order chi connectivity index (χ1) is 11.5. The van der Waals surface area contributed by atoms with E-state index in [0.29, 0.717) is 0 Å². The summed E-state index contributed by atoms with van der Waals surface area (Å²) in [5, 5.41) is 60.9. The molecule has 0 aromatic heterocycles. The summed E-state index contributed by atoms with van der Waals surface area (Å²) >= 11 is 0. The van der Waals surface area contributed by atoms with E-state index in [1.165, 1.54) is 0 Å². The van der Waals surface area contributed by atoms with Crippen molar-refractivity contribution in [3.05, 3.63) is 0 Å². The van der Waals surface area contributed by atoms with Gasteiger partial charge in [0, 0.05) is 0 Å². The lowest BCUT2D eigenvalue weighted by atomic mass is 9.91. The van der Waals surface area contributed by atoms with Gasteiger partial charge >= 0.3 is 0 Å². The molecule has 8 heteroatoms. The molecule has 1 saturated heterocycles. The summed E-state index contributed by atoms with van der Waals surface area (Å²) in [6, 6.07) is 0. The highest BCUT2D eigenvalue weighted by atomic mass is 16.7. The fourth-order valence-electron chi connectivity index (χ4n) is 2.89. The zero-order chi connectivity index (χ0) is 19.5. The van der Waals surface area contributed by atoms with E-state index in [1.54, 1.807) is 34.6 Å². The van der Waals surface area contributed by atoms with Crippen molar-refractivity contribution in [3.8, 4) is 0 Å². The maximum atomic E-state index is 10.4. The third-order valence-electron chi connectivity index (χ3n) is 4.72. The summed E-state index contributed by atoms with van der Waals surface area (Å²) in [4.78, 5) is 0. The number of hydrogen-bond donors (Lipinski definition) is 6. The van der Waals surface area contributed by atoms with Crippen molar-refractivity contribution in [1.82, 2.24) is 0 Å². The Hall–Kier alpha value is -0.320. The van der Waals surface area contributed by atoms with Gasteiger partial charge in [-0.2, -0.15) is 0 Å². The smallest absolute Gasteiger partial charge is 0.187 e. The summed E-state index contributed by atoms with van der Waals surface area (Å²) in [7, 11) is 0. The minimum Gasteiger partial charge on any atom is -0.390 e. The lowest BCUT2D eigenvalue weighted by Gasteiger charge is -2.44. The van der Waals surface area contributed by atoms with Crippen LogP contribution in [0.3, 0.4) is 0 Å². The normalized spacial score (nSPS) is 35.6. The molecule has 150 valence electrons. The summed E-state index contributed by atoms with van der Waals surface area (Å²) in [5.41, 5.74) is 0. The molecule has 0 aliphatic carbocycles. The fraction of sp³-hybridized carbons (Fsp3) is 1.00. The molecule has 0 aromatic rings. The van der Waals surface area contributed by atoms with Crippen LogP contribution in [0.25, 0.3) is 0 Å². The highest BCUT2D eigenvalue weighted by molar-refractivity contribution is 4.92. The summed E-state index contributed by atoms with van der Waals surface area (Å²) in [6.45, 7) is 8.68. The van der Waals surface area contributed by atoms with Gasteiger partial charge in [-0.25, -0.2) is 0 Å². The molecular formula is C17H34O8. The summed E-state index contributed by atoms with van der Waals surface area (Å²) < 4.78 is 11.2. The minimum atomic E-state index is -1.56. The maximum absolute atomic E-state index is 10.4. The van der Waals surface area contributed by atoms with E-state index in [4.69, 9.17) is 9.47 Å². The molecule has 25 heavy (non-hydrogen) atoms. The van der Waals surface area contributed by atoms with Crippen molar-refractivity contribution in [1.29, 1.82) is 0 Å². The van der Waals surface area contributed by atoms with Crippen molar-refractivity contribution in [2.45, 2.75) is 96.2 Å². The Morgan fingerprint density at radius 1 is 0.880 bits per heavy atom. The van der Waals surface area contributed by atoms with E-state index < -0.39 is 55.1 Å². The Balaban J connectivity index is 3.00. The second kappa shape index (κ2) is 9.57. The highest BCUT2D eigenvalue weighted by Gasteiger charge is 2.47. The predicted octanol–water partition coefficient (Wildman–Crippen LogP) is -1.02. The van der Waals surface area contributed by atoms with Crippen LogP contribution >= 0.6 is 0 Å². The molecule has 0 spiro atoms. The van der Waals surface area contributed by atoms with Crippen molar-refractivity contribution in [2.24, 2.45) is 11.8 Å². The Bertz CT molecular complexity index is 391. The second-order valence-corrected chi connectivity index (χ2v) is 7.49. The van der Waals surface area contributed by atoms with Gasteiger partial charge in [-0.1, -0.05) is 34.6 Å². The molecule has 6 N–H and O–H groups in total. The standard InChI is InChI=1S/C17H34O8/c1-6-9(18)11(20)16(10(19)7(2)3)25-17-14(23)12(21)13(22)15(24-17)8(4)5/h7-23H,6H2,1-5H3/t9?,10?,11?,12-,13+,14+,15+,16?,17-/m0/s1. The average molecular weight is 366 g/mol. The highest BCUT2D eigenvalue weighted by Crippen LogP contribution is 2.29. The number of rotatable bonds is 8. The largest absolute Gasteiger partial charge is 0.390 e. The molecule has 1 aliphatic rings. The van der Waals surface area contributed by atoms with Gasteiger partial charge in [0.15, 0.2) is 6.29 Å². The van der Waals surface area contributed by atoms with Gasteiger partial charge in [0.25, 0.3) is 0 Å². The van der Waals surface area contributed by atoms with Crippen LogP contribution in [0.1, 0.15) is 41.0 Å². The van der Waals surface area contributed by atoms with Gasteiger partial charge in [0.2, 0.25) is 0 Å². The molecule has 0 bridgehead atoms. The summed E-state index contributed by atoms with van der Waals surface area (Å²) in [6.07, 6.45) is -11.1. The van der Waals surface area contributed by atoms with Crippen LogP contribution in [0.4, 0.5) is 0 Å². The van der Waals surface area contributed by atoms with Gasteiger partial charge in [-0.3, -0.25) is 0 Å². The molecule has 1 fully saturated rings. The van der Waals surface area contributed by atoms with E-state index in [0.717, 1.165) is 0 Å². The number of aliphatic hydroxyl groups is 6. The molecule has 0 saturated carbocycles. The Labute approximate surface area is 149 Å². The van der Waals surface area contributed by atoms with Crippen LogP contribution in [0.15, 0.2) is 0 Å². The average Bonchev–Trinajstić information content (AvgIpc) is 2.56. The Morgan fingerprint density at radius 3 is 1.88 bits per heavy atom. The number of hydrogen-bond acceptors (Lipinski definition) is 8. The van der Waals surface area contributed by atoms with E-state index in [1.807, 2.05) is 0 Å². The van der Waals surface area contributed by atoms with Crippen LogP contribution in [0.2, 0.25) is 0 Å². The monoisotopic (exact) mass is 366 g/mol. The number of aliphatic hydroxyl groups excluding tert-OH is 6. The van der Waals surface area contributed by atoms with E-state index >= 15 is 0 Å². The third kappa shape index (κ3) is 5.33. The molecule has 1 aliphatic heterocycles. The number of ether oxygens (including phenoxy) is 2. The zero-order valence-electron chi connectivity index (χ0n) is 15.6. The van der Waals surface area contributed by atoms with Crippen molar-refractivity contribution >= 4 is 0 Å². The van der Waals surface area contributed by atoms with Gasteiger partial charge < -0.3 is 40.1 Å². The Kier molecular flexibility index (Phi) is 8.70. The summed E-state index contributed by atoms with van der Waals surface area (Å²) in [5.74, 6) is -0.455. The molecule has 8 nitrogen and oxygen atoms in total. The minimum absolute atomic E-state index is 0.164. The predicted molar refractivity (Wildman–Crippen MR) is 89.5 cm³/mol. The first-order valence-corrected chi connectivity index (χ1v) is 8.92. The first-order valence-electron chi connectivity index (χ1n) is 8.92. The van der Waals surface area contributed by atoms with Crippen LogP contribution < -0.4 is 0 Å². The first kappa shape index (κ1) is 22.7. The van der Waals surface area contributed by atoms with Gasteiger partial charge in [0.05, 0.1) is 18.3 Å². The van der Waals surface area contributed by atoms with Crippen LogP contribution in [-0.4, -0.2) is 85.8 Å². The molecular weight excluding hydrogens is 332 g/mol. The molecule has 0 aromatic carbocycles. The maximum Gasteiger partial charge on any atom is 0.187 e. The van der Waals surface area contributed by atoms with Crippen LogP contribution in [-0.2, 0) is 9.47 Å². The molecule has 0 radical (unpaired) electrons. The van der Waals surface area contributed by atoms with Gasteiger partial charge in [-0.15, -0.1) is 0 Å². The lowest BCUT2D eigenvalue weighted by molar-refractivity contribution is -0.329. The second-order valence-electron chi connectivity index (χ2n) is 7.49. The van der Waals surface area contributed by atoms with Crippen LogP contribution in [0.5, 0.6) is 0 Å². The van der Waals surface area contributed by atoms with E-state index in [-0.39, 0.29) is 18.3 Å². The van der Waals surface area contributed by atoms with Gasteiger partial charge in [0.1, 0.15) is 30.5 Å². The van der Waals surface area contributed by atoms with E-state index in [2.05, 4.69) is 0 Å².